The second-order valence-electron chi connectivity index (χ2n) is 6.54. The van der Waals surface area contributed by atoms with Gasteiger partial charge in [-0.2, -0.15) is 0 Å². The summed E-state index contributed by atoms with van der Waals surface area (Å²) in [4.78, 5) is 21.5. The predicted molar refractivity (Wildman–Crippen MR) is 112 cm³/mol. The van der Waals surface area contributed by atoms with Gasteiger partial charge in [-0.15, -0.1) is 0 Å². The summed E-state index contributed by atoms with van der Waals surface area (Å²) in [7, 11) is 5.53. The third-order valence-corrected chi connectivity index (χ3v) is 5.76. The van der Waals surface area contributed by atoms with Crippen molar-refractivity contribution in [2.24, 2.45) is 0 Å². The van der Waals surface area contributed by atoms with E-state index in [2.05, 4.69) is 9.88 Å². The van der Waals surface area contributed by atoms with Crippen LogP contribution in [0.3, 0.4) is 0 Å². The minimum atomic E-state index is -0.382. The van der Waals surface area contributed by atoms with Crippen molar-refractivity contribution in [3.05, 3.63) is 52.8 Å². The number of hydrogen-bond donors (Lipinski definition) is 0. The van der Waals surface area contributed by atoms with Crippen molar-refractivity contribution in [2.75, 3.05) is 39.2 Å². The van der Waals surface area contributed by atoms with Crippen LogP contribution in [0.1, 0.15) is 16.8 Å². The Morgan fingerprint density at radius 3 is 2.54 bits per heavy atom. The smallest absolute Gasteiger partial charge is 0.260 e. The van der Waals surface area contributed by atoms with Crippen LogP contribution in [0.4, 0.5) is 9.52 Å². The molecule has 0 aliphatic carbocycles. The summed E-state index contributed by atoms with van der Waals surface area (Å²) < 4.78 is 19.4. The molecule has 0 atom stereocenters. The van der Waals surface area contributed by atoms with Crippen molar-refractivity contribution >= 4 is 44.2 Å². The van der Waals surface area contributed by atoms with E-state index < -0.39 is 0 Å². The SMILES string of the molecule is COc1ccc(Cl)c2sc(N(CCCN(C)C)C(=O)c3ccc(F)cc3)nc12. The van der Waals surface area contributed by atoms with Gasteiger partial charge in [0, 0.05) is 12.1 Å². The van der Waals surface area contributed by atoms with Gasteiger partial charge < -0.3 is 9.64 Å². The Labute approximate surface area is 172 Å². The maximum Gasteiger partial charge on any atom is 0.260 e. The van der Waals surface area contributed by atoms with Gasteiger partial charge >= 0.3 is 0 Å². The van der Waals surface area contributed by atoms with E-state index in [4.69, 9.17) is 16.3 Å². The number of benzene rings is 2. The molecule has 0 saturated carbocycles. The zero-order valence-corrected chi connectivity index (χ0v) is 17.5. The fourth-order valence-corrected chi connectivity index (χ4v) is 4.08. The molecular weight excluding hydrogens is 401 g/mol. The van der Waals surface area contributed by atoms with Crippen molar-refractivity contribution in [3.8, 4) is 5.75 Å². The molecule has 2 aromatic carbocycles. The van der Waals surface area contributed by atoms with E-state index in [1.807, 2.05) is 14.1 Å². The molecule has 1 amide bonds. The number of thiazole rings is 1. The molecule has 0 saturated heterocycles. The minimum Gasteiger partial charge on any atom is -0.494 e. The molecule has 0 aliphatic heterocycles. The standard InChI is InChI=1S/C20H21ClFN3O2S/c1-24(2)11-4-12-25(19(26)13-5-7-14(22)8-6-13)20-23-17-16(27-3)10-9-15(21)18(17)28-20/h5-10H,4,11-12H2,1-3H3. The Kier molecular flexibility index (Phi) is 6.49. The Hall–Kier alpha value is -2.22. The van der Waals surface area contributed by atoms with Crippen LogP contribution in [0.5, 0.6) is 5.75 Å². The van der Waals surface area contributed by atoms with E-state index in [-0.39, 0.29) is 11.7 Å². The van der Waals surface area contributed by atoms with Crippen LogP contribution in [-0.4, -0.2) is 50.1 Å². The Bertz CT molecular complexity index is 975. The van der Waals surface area contributed by atoms with Gasteiger partial charge in [-0.05, 0) is 63.5 Å². The van der Waals surface area contributed by atoms with E-state index in [1.54, 1.807) is 24.1 Å². The number of ether oxygens (including phenoxy) is 1. The Morgan fingerprint density at radius 2 is 1.89 bits per heavy atom. The second kappa shape index (κ2) is 8.86. The summed E-state index contributed by atoms with van der Waals surface area (Å²) in [6, 6.07) is 9.04. The zero-order valence-electron chi connectivity index (χ0n) is 15.9. The predicted octanol–water partition coefficient (Wildman–Crippen LogP) is 4.70. The number of anilines is 1. The third-order valence-electron chi connectivity index (χ3n) is 4.22. The van der Waals surface area contributed by atoms with Crippen LogP contribution in [0.2, 0.25) is 5.02 Å². The first kappa shape index (κ1) is 20.5. The Morgan fingerprint density at radius 1 is 1.18 bits per heavy atom. The molecule has 5 nitrogen and oxygen atoms in total. The van der Waals surface area contributed by atoms with Gasteiger partial charge in [-0.3, -0.25) is 9.69 Å². The highest BCUT2D eigenvalue weighted by Crippen LogP contribution is 2.39. The Balaban J connectivity index is 2.00. The highest BCUT2D eigenvalue weighted by Gasteiger charge is 2.23. The van der Waals surface area contributed by atoms with Gasteiger partial charge in [0.25, 0.3) is 5.91 Å². The van der Waals surface area contributed by atoms with Gasteiger partial charge in [0.2, 0.25) is 0 Å². The summed E-state index contributed by atoms with van der Waals surface area (Å²) in [6.07, 6.45) is 0.765. The lowest BCUT2D eigenvalue weighted by atomic mass is 10.2. The summed E-state index contributed by atoms with van der Waals surface area (Å²) in [5, 5.41) is 1.09. The van der Waals surface area contributed by atoms with Gasteiger partial charge in [0.05, 0.1) is 16.8 Å². The number of rotatable bonds is 7. The number of aromatic nitrogens is 1. The lowest BCUT2D eigenvalue weighted by Crippen LogP contribution is -2.33. The minimum absolute atomic E-state index is 0.229. The third kappa shape index (κ3) is 4.43. The molecule has 1 heterocycles. The van der Waals surface area contributed by atoms with Crippen LogP contribution >= 0.6 is 22.9 Å². The second-order valence-corrected chi connectivity index (χ2v) is 7.93. The maximum absolute atomic E-state index is 13.3. The van der Waals surface area contributed by atoms with E-state index in [1.165, 1.54) is 35.6 Å². The number of carbonyl (C=O) groups is 1. The van der Waals surface area contributed by atoms with Gasteiger partial charge in [0.15, 0.2) is 5.13 Å². The van der Waals surface area contributed by atoms with Gasteiger partial charge in [-0.1, -0.05) is 22.9 Å². The molecule has 3 rings (SSSR count). The van der Waals surface area contributed by atoms with Crippen molar-refractivity contribution in [1.82, 2.24) is 9.88 Å². The van der Waals surface area contributed by atoms with Crippen LogP contribution in [-0.2, 0) is 0 Å². The quantitative estimate of drug-likeness (QED) is 0.555. The zero-order chi connectivity index (χ0) is 20.3. The average molecular weight is 422 g/mol. The molecule has 148 valence electrons. The molecule has 1 aromatic heterocycles. The average Bonchev–Trinajstić information content (AvgIpc) is 3.11. The number of carbonyl (C=O) groups excluding carboxylic acids is 1. The summed E-state index contributed by atoms with van der Waals surface area (Å²) in [5.41, 5.74) is 1.03. The lowest BCUT2D eigenvalue weighted by Gasteiger charge is -2.21. The van der Waals surface area contributed by atoms with Crippen LogP contribution < -0.4 is 9.64 Å². The monoisotopic (exact) mass is 421 g/mol. The highest BCUT2D eigenvalue weighted by atomic mass is 35.5. The number of hydrogen-bond acceptors (Lipinski definition) is 5. The molecule has 0 unspecified atom stereocenters. The summed E-state index contributed by atoms with van der Waals surface area (Å²) >= 11 is 7.67. The largest absolute Gasteiger partial charge is 0.494 e. The topological polar surface area (TPSA) is 45.7 Å². The van der Waals surface area contributed by atoms with Crippen molar-refractivity contribution in [2.45, 2.75) is 6.42 Å². The van der Waals surface area contributed by atoms with Crippen molar-refractivity contribution < 1.29 is 13.9 Å². The van der Waals surface area contributed by atoms with Crippen molar-refractivity contribution in [1.29, 1.82) is 0 Å². The summed E-state index contributed by atoms with van der Waals surface area (Å²) in [5.74, 6) is -0.00973. The molecule has 0 aliphatic rings. The number of methoxy groups -OCH3 is 1. The first-order valence-electron chi connectivity index (χ1n) is 8.76. The number of halogens is 2. The molecule has 0 fully saturated rings. The highest BCUT2D eigenvalue weighted by molar-refractivity contribution is 7.23. The molecule has 0 bridgehead atoms. The normalized spacial score (nSPS) is 11.2. The number of nitrogens with zero attached hydrogens (tertiary/aromatic N) is 3. The molecule has 8 heteroatoms. The van der Waals surface area contributed by atoms with E-state index in [0.717, 1.165) is 17.7 Å². The van der Waals surface area contributed by atoms with Gasteiger partial charge in [0.1, 0.15) is 17.1 Å². The van der Waals surface area contributed by atoms with Crippen LogP contribution in [0.15, 0.2) is 36.4 Å². The number of amides is 1. The molecule has 0 spiro atoms. The fourth-order valence-electron chi connectivity index (χ4n) is 2.80. The van der Waals surface area contributed by atoms with Crippen molar-refractivity contribution in [3.63, 3.8) is 0 Å². The molecular formula is C20H21ClFN3O2S. The summed E-state index contributed by atoms with van der Waals surface area (Å²) in [6.45, 7) is 1.30. The fraction of sp³-hybridized carbons (Fsp3) is 0.300. The van der Waals surface area contributed by atoms with E-state index in [9.17, 15) is 9.18 Å². The molecule has 0 N–H and O–H groups in total. The van der Waals surface area contributed by atoms with Crippen LogP contribution in [0, 0.1) is 5.82 Å². The van der Waals surface area contributed by atoms with E-state index in [0.29, 0.717) is 33.5 Å². The number of fused-ring (bicyclic) bond motifs is 1. The lowest BCUT2D eigenvalue weighted by molar-refractivity contribution is 0.0986. The van der Waals surface area contributed by atoms with Crippen LogP contribution in [0.25, 0.3) is 10.2 Å². The molecule has 0 radical (unpaired) electrons. The van der Waals surface area contributed by atoms with E-state index >= 15 is 0 Å². The molecule has 28 heavy (non-hydrogen) atoms. The van der Waals surface area contributed by atoms with Gasteiger partial charge in [-0.25, -0.2) is 9.37 Å². The first-order valence-corrected chi connectivity index (χ1v) is 9.95. The maximum atomic E-state index is 13.3. The molecule has 3 aromatic rings. The first-order chi connectivity index (χ1) is 13.4.